The highest BCUT2D eigenvalue weighted by Crippen LogP contribution is 2.33. The number of ether oxygens (including phenoxy) is 1. The van der Waals surface area contributed by atoms with Crippen LogP contribution in [0.25, 0.3) is 0 Å². The van der Waals surface area contributed by atoms with Gasteiger partial charge in [-0.1, -0.05) is 13.3 Å². The van der Waals surface area contributed by atoms with Crippen LogP contribution in [0.3, 0.4) is 0 Å². The molecule has 0 heterocycles. The number of rotatable bonds is 4. The van der Waals surface area contributed by atoms with Gasteiger partial charge in [-0.3, -0.25) is 4.79 Å². The average Bonchev–Trinajstić information content (AvgIpc) is 2.25. The Balaban J connectivity index is 2.35. The molecule has 0 aromatic heterocycles. The summed E-state index contributed by atoms with van der Waals surface area (Å²) in [6, 6.07) is 0.236. The SMILES string of the molecule is CCC1CCC(N)C(SCC(=O)OC(C)(C)C)C1. The normalized spacial score (nSPS) is 29.1. The minimum atomic E-state index is -0.391. The number of hydrogen-bond acceptors (Lipinski definition) is 4. The van der Waals surface area contributed by atoms with Crippen molar-refractivity contribution in [2.24, 2.45) is 11.7 Å². The van der Waals surface area contributed by atoms with Crippen LogP contribution in [-0.4, -0.2) is 28.6 Å². The molecular weight excluding hydrogens is 246 g/mol. The van der Waals surface area contributed by atoms with Crippen molar-refractivity contribution >= 4 is 17.7 Å². The van der Waals surface area contributed by atoms with Crippen LogP contribution in [0, 0.1) is 5.92 Å². The third kappa shape index (κ3) is 5.61. The van der Waals surface area contributed by atoms with E-state index in [9.17, 15) is 4.79 Å². The summed E-state index contributed by atoms with van der Waals surface area (Å²) in [6.45, 7) is 7.93. The lowest BCUT2D eigenvalue weighted by atomic mass is 9.84. The van der Waals surface area contributed by atoms with Crippen molar-refractivity contribution in [1.82, 2.24) is 0 Å². The quantitative estimate of drug-likeness (QED) is 0.800. The smallest absolute Gasteiger partial charge is 0.316 e. The summed E-state index contributed by atoms with van der Waals surface area (Å²) in [6.07, 6.45) is 4.69. The lowest BCUT2D eigenvalue weighted by Gasteiger charge is -2.33. The third-order valence-electron chi connectivity index (χ3n) is 3.36. The van der Waals surface area contributed by atoms with Gasteiger partial charge in [-0.15, -0.1) is 11.8 Å². The maximum absolute atomic E-state index is 11.7. The van der Waals surface area contributed by atoms with E-state index in [1.807, 2.05) is 20.8 Å². The van der Waals surface area contributed by atoms with E-state index in [-0.39, 0.29) is 12.0 Å². The van der Waals surface area contributed by atoms with Crippen LogP contribution in [-0.2, 0) is 9.53 Å². The molecule has 18 heavy (non-hydrogen) atoms. The van der Waals surface area contributed by atoms with Crippen molar-refractivity contribution < 1.29 is 9.53 Å². The number of nitrogens with two attached hydrogens (primary N) is 1. The molecular formula is C14H27NO2S. The highest BCUT2D eigenvalue weighted by atomic mass is 32.2. The zero-order valence-corrected chi connectivity index (χ0v) is 12.9. The molecule has 0 aromatic carbocycles. The highest BCUT2D eigenvalue weighted by Gasteiger charge is 2.28. The van der Waals surface area contributed by atoms with E-state index in [4.69, 9.17) is 10.5 Å². The summed E-state index contributed by atoms with van der Waals surface area (Å²) < 4.78 is 5.32. The second-order valence-corrected chi connectivity index (χ2v) is 7.41. The van der Waals surface area contributed by atoms with Gasteiger partial charge in [-0.25, -0.2) is 0 Å². The van der Waals surface area contributed by atoms with Crippen LogP contribution in [0.15, 0.2) is 0 Å². The number of esters is 1. The molecule has 1 fully saturated rings. The molecule has 0 radical (unpaired) electrons. The van der Waals surface area contributed by atoms with E-state index in [0.717, 1.165) is 18.8 Å². The maximum atomic E-state index is 11.7. The Morgan fingerprint density at radius 2 is 2.06 bits per heavy atom. The fourth-order valence-corrected chi connectivity index (χ4v) is 3.54. The first-order valence-corrected chi connectivity index (χ1v) is 7.95. The van der Waals surface area contributed by atoms with Crippen LogP contribution >= 0.6 is 11.8 Å². The van der Waals surface area contributed by atoms with Gasteiger partial charge in [-0.2, -0.15) is 0 Å². The Hall–Kier alpha value is -0.220. The van der Waals surface area contributed by atoms with E-state index in [2.05, 4.69) is 6.92 Å². The monoisotopic (exact) mass is 273 g/mol. The second kappa shape index (κ2) is 6.80. The van der Waals surface area contributed by atoms with Gasteiger partial charge in [0.2, 0.25) is 0 Å². The van der Waals surface area contributed by atoms with Gasteiger partial charge in [0.05, 0.1) is 5.75 Å². The molecule has 3 atom stereocenters. The number of hydrogen-bond donors (Lipinski definition) is 1. The molecule has 3 nitrogen and oxygen atoms in total. The molecule has 0 spiro atoms. The molecule has 1 saturated carbocycles. The fourth-order valence-electron chi connectivity index (χ4n) is 2.34. The minimum Gasteiger partial charge on any atom is -0.459 e. The molecule has 2 N–H and O–H groups in total. The molecule has 0 aliphatic heterocycles. The number of carbonyl (C=O) groups is 1. The van der Waals surface area contributed by atoms with Crippen molar-refractivity contribution in [1.29, 1.82) is 0 Å². The zero-order valence-electron chi connectivity index (χ0n) is 12.1. The molecule has 1 aliphatic rings. The standard InChI is InChI=1S/C14H27NO2S/c1-5-10-6-7-11(15)12(8-10)18-9-13(16)17-14(2,3)4/h10-12H,5-9,15H2,1-4H3. The van der Waals surface area contributed by atoms with Crippen LogP contribution in [0.1, 0.15) is 53.4 Å². The lowest BCUT2D eigenvalue weighted by Crippen LogP contribution is -2.39. The first kappa shape index (κ1) is 15.8. The summed E-state index contributed by atoms with van der Waals surface area (Å²) in [5, 5.41) is 0.413. The lowest BCUT2D eigenvalue weighted by molar-refractivity contribution is -0.151. The topological polar surface area (TPSA) is 52.3 Å². The summed E-state index contributed by atoms with van der Waals surface area (Å²) in [5.74, 6) is 1.07. The van der Waals surface area contributed by atoms with E-state index in [0.29, 0.717) is 11.0 Å². The molecule has 1 aliphatic carbocycles. The summed E-state index contributed by atoms with van der Waals surface area (Å²) in [4.78, 5) is 11.7. The molecule has 3 unspecified atom stereocenters. The van der Waals surface area contributed by atoms with Gasteiger partial charge in [0.1, 0.15) is 5.60 Å². The number of carbonyl (C=O) groups excluding carboxylic acids is 1. The Bertz CT molecular complexity index is 275. The average molecular weight is 273 g/mol. The first-order chi connectivity index (χ1) is 8.31. The van der Waals surface area contributed by atoms with Crippen LogP contribution in [0.5, 0.6) is 0 Å². The van der Waals surface area contributed by atoms with E-state index in [1.54, 1.807) is 11.8 Å². The van der Waals surface area contributed by atoms with E-state index >= 15 is 0 Å². The summed E-state index contributed by atoms with van der Waals surface area (Å²) in [5.41, 5.74) is 5.75. The van der Waals surface area contributed by atoms with Gasteiger partial charge in [0.15, 0.2) is 0 Å². The largest absolute Gasteiger partial charge is 0.459 e. The third-order valence-corrected chi connectivity index (χ3v) is 4.74. The Kier molecular flexibility index (Phi) is 5.99. The van der Waals surface area contributed by atoms with E-state index in [1.165, 1.54) is 12.8 Å². The first-order valence-electron chi connectivity index (χ1n) is 6.91. The van der Waals surface area contributed by atoms with Crippen LogP contribution < -0.4 is 5.73 Å². The van der Waals surface area contributed by atoms with Gasteiger partial charge in [0.25, 0.3) is 0 Å². The molecule has 0 aromatic rings. The van der Waals surface area contributed by atoms with Crippen LogP contribution in [0.4, 0.5) is 0 Å². The summed E-state index contributed by atoms with van der Waals surface area (Å²) >= 11 is 1.67. The Morgan fingerprint density at radius 3 is 2.61 bits per heavy atom. The Labute approximate surface area is 115 Å². The fraction of sp³-hybridized carbons (Fsp3) is 0.929. The van der Waals surface area contributed by atoms with Crippen molar-refractivity contribution in [3.63, 3.8) is 0 Å². The summed E-state index contributed by atoms with van der Waals surface area (Å²) in [7, 11) is 0. The Morgan fingerprint density at radius 1 is 1.39 bits per heavy atom. The zero-order chi connectivity index (χ0) is 13.8. The molecule has 0 bridgehead atoms. The van der Waals surface area contributed by atoms with Crippen molar-refractivity contribution in [2.45, 2.75) is 70.3 Å². The van der Waals surface area contributed by atoms with Gasteiger partial charge < -0.3 is 10.5 Å². The van der Waals surface area contributed by atoms with Crippen molar-refractivity contribution in [2.75, 3.05) is 5.75 Å². The highest BCUT2D eigenvalue weighted by molar-refractivity contribution is 8.00. The van der Waals surface area contributed by atoms with E-state index < -0.39 is 5.60 Å². The minimum absolute atomic E-state index is 0.127. The molecule has 4 heteroatoms. The molecule has 0 saturated heterocycles. The van der Waals surface area contributed by atoms with Crippen molar-refractivity contribution in [3.8, 4) is 0 Å². The second-order valence-electron chi connectivity index (χ2n) is 6.19. The van der Waals surface area contributed by atoms with Crippen molar-refractivity contribution in [3.05, 3.63) is 0 Å². The van der Waals surface area contributed by atoms with Gasteiger partial charge in [0, 0.05) is 11.3 Å². The maximum Gasteiger partial charge on any atom is 0.316 e. The number of thioether (sulfide) groups is 1. The molecule has 1 rings (SSSR count). The van der Waals surface area contributed by atoms with Gasteiger partial charge in [-0.05, 0) is 46.0 Å². The van der Waals surface area contributed by atoms with Crippen LogP contribution in [0.2, 0.25) is 0 Å². The molecule has 106 valence electrons. The molecule has 0 amide bonds. The van der Waals surface area contributed by atoms with Gasteiger partial charge >= 0.3 is 5.97 Å². The predicted octanol–water partition coefficient (Wildman–Crippen LogP) is 2.97. The predicted molar refractivity (Wildman–Crippen MR) is 77.7 cm³/mol.